The highest BCUT2D eigenvalue weighted by Gasteiger charge is 2.18. The van der Waals surface area contributed by atoms with E-state index < -0.39 is 5.97 Å². The second kappa shape index (κ2) is 4.30. The van der Waals surface area contributed by atoms with Crippen molar-refractivity contribution in [2.45, 2.75) is 6.92 Å². The molecule has 13 heavy (non-hydrogen) atoms. The van der Waals surface area contributed by atoms with E-state index >= 15 is 0 Å². The molecule has 1 aromatic rings. The van der Waals surface area contributed by atoms with Crippen LogP contribution in [0.4, 0.5) is 0 Å². The lowest BCUT2D eigenvalue weighted by molar-refractivity contribution is -0.135. The Morgan fingerprint density at radius 3 is 3.00 bits per heavy atom. The Hall–Kier alpha value is -1.78. The van der Waals surface area contributed by atoms with E-state index in [0.29, 0.717) is 0 Å². The van der Waals surface area contributed by atoms with E-state index in [1.165, 1.54) is 12.3 Å². The van der Waals surface area contributed by atoms with Crippen LogP contribution in [0.3, 0.4) is 0 Å². The summed E-state index contributed by atoms with van der Waals surface area (Å²) in [6, 6.07) is 3.09. The van der Waals surface area contributed by atoms with Gasteiger partial charge in [0.15, 0.2) is 5.76 Å². The molecule has 1 N–H and O–H groups in total. The predicted molar refractivity (Wildman–Crippen MR) is 43.7 cm³/mol. The van der Waals surface area contributed by atoms with Crippen molar-refractivity contribution in [2.24, 2.45) is 5.16 Å². The van der Waals surface area contributed by atoms with E-state index in [1.807, 2.05) is 0 Å². The van der Waals surface area contributed by atoms with Crippen LogP contribution in [-0.2, 0) is 9.53 Å². The second-order valence-corrected chi connectivity index (χ2v) is 2.15. The number of rotatable bonds is 3. The second-order valence-electron chi connectivity index (χ2n) is 2.15. The van der Waals surface area contributed by atoms with Crippen molar-refractivity contribution in [1.82, 2.24) is 0 Å². The number of furan rings is 1. The summed E-state index contributed by atoms with van der Waals surface area (Å²) in [4.78, 5) is 11.1. The molecule has 1 rings (SSSR count). The zero-order valence-electron chi connectivity index (χ0n) is 7.06. The molecule has 0 aliphatic heterocycles. The first-order valence-corrected chi connectivity index (χ1v) is 3.72. The highest BCUT2D eigenvalue weighted by Crippen LogP contribution is 2.03. The normalized spacial score (nSPS) is 11.3. The lowest BCUT2D eigenvalue weighted by Crippen LogP contribution is -2.18. The van der Waals surface area contributed by atoms with Gasteiger partial charge in [0.25, 0.3) is 0 Å². The van der Waals surface area contributed by atoms with E-state index in [0.717, 1.165) is 0 Å². The molecule has 0 atom stereocenters. The van der Waals surface area contributed by atoms with Crippen LogP contribution in [0, 0.1) is 0 Å². The molecule has 0 saturated heterocycles. The van der Waals surface area contributed by atoms with Crippen molar-refractivity contribution >= 4 is 11.7 Å². The fraction of sp³-hybridized carbons (Fsp3) is 0.250. The summed E-state index contributed by atoms with van der Waals surface area (Å²) in [6.07, 6.45) is 1.37. The van der Waals surface area contributed by atoms with E-state index in [2.05, 4.69) is 9.89 Å². The van der Waals surface area contributed by atoms with E-state index in [-0.39, 0.29) is 18.1 Å². The van der Waals surface area contributed by atoms with Gasteiger partial charge in [0, 0.05) is 0 Å². The number of hydrogen-bond acceptors (Lipinski definition) is 5. The Labute approximate surface area is 74.6 Å². The first-order valence-electron chi connectivity index (χ1n) is 3.72. The maximum absolute atomic E-state index is 11.1. The van der Waals surface area contributed by atoms with Gasteiger partial charge in [-0.1, -0.05) is 5.16 Å². The van der Waals surface area contributed by atoms with Gasteiger partial charge < -0.3 is 14.4 Å². The summed E-state index contributed by atoms with van der Waals surface area (Å²) in [5.41, 5.74) is -0.230. The largest absolute Gasteiger partial charge is 0.462 e. The molecule has 0 amide bonds. The number of carbonyl (C=O) groups excluding carboxylic acids is 1. The molecule has 5 heteroatoms. The minimum atomic E-state index is -0.708. The van der Waals surface area contributed by atoms with Crippen LogP contribution in [0.15, 0.2) is 28.0 Å². The van der Waals surface area contributed by atoms with Crippen molar-refractivity contribution in [2.75, 3.05) is 6.61 Å². The summed E-state index contributed by atoms with van der Waals surface area (Å²) >= 11 is 0. The lowest BCUT2D eigenvalue weighted by Gasteiger charge is -1.99. The summed E-state index contributed by atoms with van der Waals surface area (Å²) in [7, 11) is 0. The summed E-state index contributed by atoms with van der Waals surface area (Å²) < 4.78 is 9.49. The minimum Gasteiger partial charge on any atom is -0.462 e. The van der Waals surface area contributed by atoms with Crippen LogP contribution in [0.2, 0.25) is 0 Å². The molecule has 0 spiro atoms. The molecule has 0 bridgehead atoms. The van der Waals surface area contributed by atoms with Gasteiger partial charge in [0.1, 0.15) is 0 Å². The van der Waals surface area contributed by atoms with Crippen LogP contribution in [0.25, 0.3) is 0 Å². The Morgan fingerprint density at radius 1 is 1.77 bits per heavy atom. The van der Waals surface area contributed by atoms with Crippen molar-refractivity contribution in [1.29, 1.82) is 0 Å². The molecule has 0 unspecified atom stereocenters. The average molecular weight is 183 g/mol. The Kier molecular flexibility index (Phi) is 3.08. The van der Waals surface area contributed by atoms with E-state index in [9.17, 15) is 4.79 Å². The summed E-state index contributed by atoms with van der Waals surface area (Å²) in [6.45, 7) is 1.88. The smallest absolute Gasteiger partial charge is 0.364 e. The fourth-order valence-corrected chi connectivity index (χ4v) is 0.803. The van der Waals surface area contributed by atoms with Gasteiger partial charge in [-0.15, -0.1) is 0 Å². The highest BCUT2D eigenvalue weighted by atomic mass is 16.5. The van der Waals surface area contributed by atoms with Crippen molar-refractivity contribution in [3.8, 4) is 0 Å². The lowest BCUT2D eigenvalue weighted by atomic mass is 10.3. The maximum Gasteiger partial charge on any atom is 0.364 e. The highest BCUT2D eigenvalue weighted by molar-refractivity contribution is 6.42. The number of ether oxygens (including phenoxy) is 1. The minimum absolute atomic E-state index is 0.181. The summed E-state index contributed by atoms with van der Waals surface area (Å²) in [5.74, 6) is -0.527. The molecular formula is C8H9NO4. The molecule has 0 aliphatic carbocycles. The molecule has 0 fully saturated rings. The van der Waals surface area contributed by atoms with Crippen LogP contribution in [-0.4, -0.2) is 23.5 Å². The van der Waals surface area contributed by atoms with Crippen LogP contribution in [0.1, 0.15) is 12.7 Å². The molecule has 0 saturated carbocycles. The van der Waals surface area contributed by atoms with Crippen molar-refractivity contribution in [3.63, 3.8) is 0 Å². The zero-order valence-corrected chi connectivity index (χ0v) is 7.06. The number of carbonyl (C=O) groups is 1. The first-order chi connectivity index (χ1) is 6.29. The number of oxime groups is 1. The molecule has 1 heterocycles. The third-order valence-electron chi connectivity index (χ3n) is 1.32. The Morgan fingerprint density at radius 2 is 2.54 bits per heavy atom. The molecule has 70 valence electrons. The summed E-state index contributed by atoms with van der Waals surface area (Å²) in [5, 5.41) is 11.3. The predicted octanol–water partition coefficient (Wildman–Crippen LogP) is 1.02. The van der Waals surface area contributed by atoms with Gasteiger partial charge in [0.2, 0.25) is 5.71 Å². The number of hydrogen-bond donors (Lipinski definition) is 1. The van der Waals surface area contributed by atoms with Crippen LogP contribution in [0.5, 0.6) is 0 Å². The quantitative estimate of drug-likeness (QED) is 0.328. The third kappa shape index (κ3) is 2.08. The average Bonchev–Trinajstić information content (AvgIpc) is 2.59. The van der Waals surface area contributed by atoms with Crippen LogP contribution >= 0.6 is 0 Å². The Balaban J connectivity index is 2.82. The van der Waals surface area contributed by atoms with Gasteiger partial charge in [-0.2, -0.15) is 0 Å². The SMILES string of the molecule is CCOC(=O)/C(=N/O)c1ccco1. The zero-order chi connectivity index (χ0) is 9.68. The van der Waals surface area contributed by atoms with Gasteiger partial charge >= 0.3 is 5.97 Å². The molecule has 5 nitrogen and oxygen atoms in total. The van der Waals surface area contributed by atoms with E-state index in [4.69, 9.17) is 9.62 Å². The van der Waals surface area contributed by atoms with E-state index in [1.54, 1.807) is 13.0 Å². The van der Waals surface area contributed by atoms with Crippen LogP contribution < -0.4 is 0 Å². The third-order valence-corrected chi connectivity index (χ3v) is 1.32. The fourth-order valence-electron chi connectivity index (χ4n) is 0.803. The standard InChI is InChI=1S/C8H9NO4/c1-2-12-8(10)7(9-11)6-4-3-5-13-6/h3-5,11H,2H2,1H3/b9-7+. The van der Waals surface area contributed by atoms with Gasteiger partial charge in [-0.3, -0.25) is 0 Å². The van der Waals surface area contributed by atoms with Crippen molar-refractivity contribution in [3.05, 3.63) is 24.2 Å². The monoisotopic (exact) mass is 183 g/mol. The van der Waals surface area contributed by atoms with Crippen molar-refractivity contribution < 1.29 is 19.2 Å². The molecule has 0 aliphatic rings. The first kappa shape index (κ1) is 9.31. The molecule has 0 aromatic carbocycles. The topological polar surface area (TPSA) is 72.0 Å². The number of esters is 1. The molecule has 0 radical (unpaired) electrons. The number of nitrogens with zero attached hydrogens (tertiary/aromatic N) is 1. The molecular weight excluding hydrogens is 174 g/mol. The van der Waals surface area contributed by atoms with Gasteiger partial charge in [-0.25, -0.2) is 4.79 Å². The maximum atomic E-state index is 11.1. The molecule has 1 aromatic heterocycles. The Bertz CT molecular complexity index is 302. The van der Waals surface area contributed by atoms with Gasteiger partial charge in [-0.05, 0) is 19.1 Å². The van der Waals surface area contributed by atoms with Gasteiger partial charge in [0.05, 0.1) is 12.9 Å².